The normalized spacial score (nSPS) is 14.4. The van der Waals surface area contributed by atoms with Gasteiger partial charge in [-0.15, -0.1) is 0 Å². The van der Waals surface area contributed by atoms with Gasteiger partial charge in [-0.1, -0.05) is 26.2 Å². The van der Waals surface area contributed by atoms with Gasteiger partial charge >= 0.3 is 5.97 Å². The molecule has 30 heavy (non-hydrogen) atoms. The first kappa shape index (κ1) is 21.6. The molecule has 1 aliphatic rings. The standard InChI is InChI=1S/C24H28N2O4/c1-2-16-29-21-14-10-20(11-15-21)24(28)30-22-12-8-18(9-13-22)17-25-26-23(27)19-6-4-3-5-7-19/h8-15,17,19H,2-7,16H2,1H3,(H,26,27)/b25-17-. The first-order chi connectivity index (χ1) is 14.7. The number of nitrogens with zero attached hydrogens (tertiary/aromatic N) is 1. The van der Waals surface area contributed by atoms with E-state index in [0.717, 1.165) is 43.4 Å². The molecule has 1 aliphatic carbocycles. The molecule has 0 aromatic heterocycles. The summed E-state index contributed by atoms with van der Waals surface area (Å²) < 4.78 is 10.9. The van der Waals surface area contributed by atoms with Crippen molar-refractivity contribution in [2.45, 2.75) is 45.4 Å². The number of carbonyl (C=O) groups is 2. The maximum absolute atomic E-state index is 12.3. The summed E-state index contributed by atoms with van der Waals surface area (Å²) in [5.41, 5.74) is 3.88. The van der Waals surface area contributed by atoms with Crippen molar-refractivity contribution in [3.05, 3.63) is 59.7 Å². The van der Waals surface area contributed by atoms with Gasteiger partial charge in [0.05, 0.1) is 18.4 Å². The zero-order valence-electron chi connectivity index (χ0n) is 17.3. The minimum absolute atomic E-state index is 0.0115. The van der Waals surface area contributed by atoms with Crippen LogP contribution in [0.15, 0.2) is 53.6 Å². The number of carbonyl (C=O) groups excluding carboxylic acids is 2. The maximum Gasteiger partial charge on any atom is 0.343 e. The Kier molecular flexibility index (Phi) is 8.01. The van der Waals surface area contributed by atoms with Gasteiger partial charge in [-0.05, 0) is 73.4 Å². The van der Waals surface area contributed by atoms with E-state index in [1.807, 2.05) is 6.92 Å². The van der Waals surface area contributed by atoms with Gasteiger partial charge in [0.2, 0.25) is 5.91 Å². The average molecular weight is 408 g/mol. The van der Waals surface area contributed by atoms with E-state index in [0.29, 0.717) is 17.9 Å². The SMILES string of the molecule is CCCOc1ccc(C(=O)Oc2ccc(/C=N\NC(=O)C3CCCCC3)cc2)cc1. The number of ether oxygens (including phenoxy) is 2. The zero-order chi connectivity index (χ0) is 21.2. The van der Waals surface area contributed by atoms with Gasteiger partial charge in [-0.3, -0.25) is 4.79 Å². The fourth-order valence-corrected chi connectivity index (χ4v) is 3.32. The van der Waals surface area contributed by atoms with Crippen LogP contribution >= 0.6 is 0 Å². The van der Waals surface area contributed by atoms with Crippen molar-refractivity contribution >= 4 is 18.1 Å². The van der Waals surface area contributed by atoms with Gasteiger partial charge in [-0.25, -0.2) is 10.2 Å². The molecule has 0 aliphatic heterocycles. The summed E-state index contributed by atoms with van der Waals surface area (Å²) in [4.78, 5) is 24.4. The van der Waals surface area contributed by atoms with Crippen LogP contribution < -0.4 is 14.9 Å². The number of benzene rings is 2. The molecule has 1 amide bonds. The molecule has 6 heteroatoms. The van der Waals surface area contributed by atoms with Crippen LogP contribution in [0, 0.1) is 5.92 Å². The van der Waals surface area contributed by atoms with Gasteiger partial charge < -0.3 is 9.47 Å². The molecule has 0 unspecified atom stereocenters. The molecule has 2 aromatic carbocycles. The van der Waals surface area contributed by atoms with Crippen molar-refractivity contribution in [1.29, 1.82) is 0 Å². The summed E-state index contributed by atoms with van der Waals surface area (Å²) in [6.07, 6.45) is 7.82. The molecule has 6 nitrogen and oxygen atoms in total. The number of hydrazone groups is 1. The van der Waals surface area contributed by atoms with E-state index in [1.54, 1.807) is 54.7 Å². The van der Waals surface area contributed by atoms with Crippen molar-refractivity contribution in [3.63, 3.8) is 0 Å². The minimum atomic E-state index is -0.432. The number of hydrogen-bond acceptors (Lipinski definition) is 5. The lowest BCUT2D eigenvalue weighted by Gasteiger charge is -2.19. The third-order valence-electron chi connectivity index (χ3n) is 5.02. The number of amides is 1. The second-order valence-corrected chi connectivity index (χ2v) is 7.40. The van der Waals surface area contributed by atoms with Crippen LogP contribution in [0.25, 0.3) is 0 Å². The fourth-order valence-electron chi connectivity index (χ4n) is 3.32. The second-order valence-electron chi connectivity index (χ2n) is 7.40. The van der Waals surface area contributed by atoms with Crippen LogP contribution in [-0.2, 0) is 4.79 Å². The number of nitrogens with one attached hydrogen (secondary N) is 1. The van der Waals surface area contributed by atoms with E-state index in [1.165, 1.54) is 6.42 Å². The maximum atomic E-state index is 12.3. The minimum Gasteiger partial charge on any atom is -0.494 e. The average Bonchev–Trinajstić information content (AvgIpc) is 2.79. The van der Waals surface area contributed by atoms with Crippen LogP contribution in [0.4, 0.5) is 0 Å². The topological polar surface area (TPSA) is 77.0 Å². The van der Waals surface area contributed by atoms with Crippen LogP contribution in [0.3, 0.4) is 0 Å². The second kappa shape index (κ2) is 11.1. The molecule has 0 saturated heterocycles. The lowest BCUT2D eigenvalue weighted by atomic mass is 9.89. The van der Waals surface area contributed by atoms with Crippen LogP contribution in [0.2, 0.25) is 0 Å². The third kappa shape index (κ3) is 6.44. The van der Waals surface area contributed by atoms with Gasteiger partial charge in [0, 0.05) is 5.92 Å². The lowest BCUT2D eigenvalue weighted by molar-refractivity contribution is -0.125. The summed E-state index contributed by atoms with van der Waals surface area (Å²) in [6, 6.07) is 13.8. The van der Waals surface area contributed by atoms with E-state index < -0.39 is 5.97 Å². The summed E-state index contributed by atoms with van der Waals surface area (Å²) in [6.45, 7) is 2.68. The Hall–Kier alpha value is -3.15. The lowest BCUT2D eigenvalue weighted by Crippen LogP contribution is -2.28. The Morgan fingerprint density at radius 2 is 1.67 bits per heavy atom. The van der Waals surface area contributed by atoms with E-state index in [9.17, 15) is 9.59 Å². The molecule has 3 rings (SSSR count). The molecule has 0 atom stereocenters. The highest BCUT2D eigenvalue weighted by Gasteiger charge is 2.20. The predicted octanol–water partition coefficient (Wildman–Crippen LogP) is 4.73. The van der Waals surface area contributed by atoms with Gasteiger partial charge in [0.25, 0.3) is 0 Å². The highest BCUT2D eigenvalue weighted by molar-refractivity contribution is 5.91. The Labute approximate surface area is 177 Å². The molecule has 1 N–H and O–H groups in total. The highest BCUT2D eigenvalue weighted by atomic mass is 16.5. The predicted molar refractivity (Wildman–Crippen MR) is 116 cm³/mol. The number of hydrogen-bond donors (Lipinski definition) is 1. The molecular formula is C24H28N2O4. The number of esters is 1. The molecule has 1 saturated carbocycles. The van der Waals surface area contributed by atoms with Gasteiger partial charge in [-0.2, -0.15) is 5.10 Å². The number of rotatable bonds is 8. The third-order valence-corrected chi connectivity index (χ3v) is 5.02. The summed E-state index contributed by atoms with van der Waals surface area (Å²) in [5.74, 6) is 0.799. The fraction of sp³-hybridized carbons (Fsp3) is 0.375. The van der Waals surface area contributed by atoms with Crippen LogP contribution in [0.5, 0.6) is 11.5 Å². The van der Waals surface area contributed by atoms with E-state index in [2.05, 4.69) is 10.5 Å². The van der Waals surface area contributed by atoms with Gasteiger partial charge in [0.1, 0.15) is 11.5 Å². The zero-order valence-corrected chi connectivity index (χ0v) is 17.3. The molecule has 0 spiro atoms. The Morgan fingerprint density at radius 3 is 2.33 bits per heavy atom. The summed E-state index contributed by atoms with van der Waals surface area (Å²) in [5, 5.41) is 4.04. The van der Waals surface area contributed by atoms with Crippen LogP contribution in [-0.4, -0.2) is 24.7 Å². The molecule has 158 valence electrons. The summed E-state index contributed by atoms with van der Waals surface area (Å²) >= 11 is 0. The smallest absolute Gasteiger partial charge is 0.343 e. The van der Waals surface area contributed by atoms with Gasteiger partial charge in [0.15, 0.2) is 0 Å². The largest absolute Gasteiger partial charge is 0.494 e. The first-order valence-corrected chi connectivity index (χ1v) is 10.5. The van der Waals surface area contributed by atoms with E-state index >= 15 is 0 Å². The van der Waals surface area contributed by atoms with Crippen molar-refractivity contribution in [2.75, 3.05) is 6.61 Å². The molecule has 1 fully saturated rings. The Morgan fingerprint density at radius 1 is 1.00 bits per heavy atom. The Bertz CT molecular complexity index is 854. The molecule has 2 aromatic rings. The van der Waals surface area contributed by atoms with E-state index in [-0.39, 0.29) is 11.8 Å². The monoisotopic (exact) mass is 408 g/mol. The molecule has 0 bridgehead atoms. The highest BCUT2D eigenvalue weighted by Crippen LogP contribution is 2.23. The quantitative estimate of drug-likeness (QED) is 0.297. The van der Waals surface area contributed by atoms with E-state index in [4.69, 9.17) is 9.47 Å². The van der Waals surface area contributed by atoms with Crippen LogP contribution in [0.1, 0.15) is 61.4 Å². The van der Waals surface area contributed by atoms with Crippen molar-refractivity contribution in [2.24, 2.45) is 11.0 Å². The van der Waals surface area contributed by atoms with Crippen molar-refractivity contribution in [3.8, 4) is 11.5 Å². The summed E-state index contributed by atoms with van der Waals surface area (Å²) in [7, 11) is 0. The molecule has 0 radical (unpaired) electrons. The van der Waals surface area contributed by atoms with Crippen molar-refractivity contribution in [1.82, 2.24) is 5.43 Å². The van der Waals surface area contributed by atoms with Crippen molar-refractivity contribution < 1.29 is 19.1 Å². The Balaban J connectivity index is 1.48. The molecule has 0 heterocycles. The molecular weight excluding hydrogens is 380 g/mol. The first-order valence-electron chi connectivity index (χ1n) is 10.5.